The number of imidazole rings is 1. The van der Waals surface area contributed by atoms with Crippen molar-refractivity contribution in [3.8, 4) is 0 Å². The Balaban J connectivity index is 1.35. The van der Waals surface area contributed by atoms with E-state index in [4.69, 9.17) is 9.72 Å². The number of likely N-dealkylation sites (tertiary alicyclic amines) is 1. The molecule has 0 radical (unpaired) electrons. The smallest absolute Gasteiger partial charge is 0.340 e. The van der Waals surface area contributed by atoms with Crippen LogP contribution in [0.1, 0.15) is 46.7 Å². The number of piperidine rings is 1. The van der Waals surface area contributed by atoms with Crippen LogP contribution in [0.3, 0.4) is 0 Å². The topological polar surface area (TPSA) is 47.4 Å². The predicted molar refractivity (Wildman–Crippen MR) is 98.9 cm³/mol. The number of rotatable bonds is 2. The molecule has 5 nitrogen and oxygen atoms in total. The van der Waals surface area contributed by atoms with Crippen LogP contribution >= 0.6 is 0 Å². The highest BCUT2D eigenvalue weighted by Crippen LogP contribution is 2.37. The summed E-state index contributed by atoms with van der Waals surface area (Å²) < 4.78 is 7.87. The first kappa shape index (κ1) is 15.6. The lowest BCUT2D eigenvalue weighted by atomic mass is 9.95. The van der Waals surface area contributed by atoms with Crippen LogP contribution in [0.5, 0.6) is 0 Å². The van der Waals surface area contributed by atoms with Gasteiger partial charge in [0.2, 0.25) is 0 Å². The predicted octanol–water partition coefficient (Wildman–Crippen LogP) is 3.62. The molecule has 0 amide bonds. The highest BCUT2D eigenvalue weighted by Gasteiger charge is 2.37. The summed E-state index contributed by atoms with van der Waals surface area (Å²) in [7, 11) is 2.10. The minimum atomic E-state index is -0.236. The number of esters is 1. The van der Waals surface area contributed by atoms with E-state index < -0.39 is 0 Å². The number of hydrogen-bond acceptors (Lipinski definition) is 4. The molecule has 0 bridgehead atoms. The maximum atomic E-state index is 12.1. The first-order valence-electron chi connectivity index (χ1n) is 9.17. The zero-order valence-electron chi connectivity index (χ0n) is 14.8. The highest BCUT2D eigenvalue weighted by molar-refractivity contribution is 5.93. The van der Waals surface area contributed by atoms with Crippen LogP contribution in [-0.4, -0.2) is 33.5 Å². The molecule has 1 fully saturated rings. The van der Waals surface area contributed by atoms with E-state index in [2.05, 4.69) is 34.7 Å². The van der Waals surface area contributed by atoms with Gasteiger partial charge in [0, 0.05) is 31.6 Å². The number of aromatic nitrogens is 2. The molecule has 1 saturated heterocycles. The lowest BCUT2D eigenvalue weighted by molar-refractivity contribution is -0.0324. The monoisotopic (exact) mass is 347 g/mol. The van der Waals surface area contributed by atoms with E-state index in [1.807, 2.05) is 30.3 Å². The van der Waals surface area contributed by atoms with Gasteiger partial charge in [-0.3, -0.25) is 4.90 Å². The van der Waals surface area contributed by atoms with Gasteiger partial charge in [-0.15, -0.1) is 0 Å². The minimum Gasteiger partial charge on any atom is -0.438 e. The summed E-state index contributed by atoms with van der Waals surface area (Å²) in [6.45, 7) is 1.81. The Hall–Kier alpha value is -2.66. The Bertz CT molecular complexity index is 986. The largest absolute Gasteiger partial charge is 0.438 e. The number of ether oxygens (including phenoxy) is 1. The number of hydrogen-bond donors (Lipinski definition) is 0. The molecule has 2 aromatic carbocycles. The molecule has 0 saturated carbocycles. The standard InChI is InChI=1S/C21H21N3O2/c1-23-18-9-5-4-8-17(18)22-19(23)14-10-12-24(13-11-14)20-15-6-2-3-7-16(15)21(25)26-20/h2-9,14,20H,10-13H2,1H3. The second kappa shape index (κ2) is 5.95. The van der Waals surface area contributed by atoms with Gasteiger partial charge < -0.3 is 9.30 Å². The zero-order chi connectivity index (χ0) is 17.7. The normalized spacial score (nSPS) is 21.1. The van der Waals surface area contributed by atoms with Crippen LogP contribution in [0.25, 0.3) is 11.0 Å². The van der Waals surface area contributed by atoms with Gasteiger partial charge in [-0.2, -0.15) is 0 Å². The summed E-state index contributed by atoms with van der Waals surface area (Å²) in [5.41, 5.74) is 3.95. The summed E-state index contributed by atoms with van der Waals surface area (Å²) >= 11 is 0. The Labute approximate surface area is 152 Å². The molecule has 1 unspecified atom stereocenters. The lowest BCUT2D eigenvalue weighted by Crippen LogP contribution is -2.36. The van der Waals surface area contributed by atoms with Crippen LogP contribution < -0.4 is 0 Å². The minimum absolute atomic E-state index is 0.205. The van der Waals surface area contributed by atoms with Gasteiger partial charge in [-0.25, -0.2) is 9.78 Å². The molecule has 0 N–H and O–H groups in total. The molecule has 1 atom stereocenters. The fraction of sp³-hybridized carbons (Fsp3) is 0.333. The SMILES string of the molecule is Cn1c(C2CCN(C3OC(=O)c4ccccc43)CC2)nc2ccccc21. The third-order valence-corrected chi connectivity index (χ3v) is 5.71. The van der Waals surface area contributed by atoms with Crippen LogP contribution in [0.2, 0.25) is 0 Å². The lowest BCUT2D eigenvalue weighted by Gasteiger charge is -2.34. The molecule has 3 aromatic rings. The van der Waals surface area contributed by atoms with Crippen molar-refractivity contribution < 1.29 is 9.53 Å². The van der Waals surface area contributed by atoms with E-state index >= 15 is 0 Å². The highest BCUT2D eigenvalue weighted by atomic mass is 16.6. The van der Waals surface area contributed by atoms with Crippen molar-refractivity contribution >= 4 is 17.0 Å². The van der Waals surface area contributed by atoms with Crippen LogP contribution in [0, 0.1) is 0 Å². The molecule has 1 aromatic heterocycles. The molecule has 26 heavy (non-hydrogen) atoms. The first-order chi connectivity index (χ1) is 12.7. The number of carbonyl (C=O) groups excluding carboxylic acids is 1. The van der Waals surface area contributed by atoms with Crippen molar-refractivity contribution in [2.45, 2.75) is 25.0 Å². The Kier molecular flexibility index (Phi) is 3.57. The van der Waals surface area contributed by atoms with Crippen molar-refractivity contribution in [2.24, 2.45) is 7.05 Å². The molecule has 0 spiro atoms. The Morgan fingerprint density at radius 2 is 1.77 bits per heavy atom. The summed E-state index contributed by atoms with van der Waals surface area (Å²) in [4.78, 5) is 19.2. The molecule has 5 heteroatoms. The van der Waals surface area contributed by atoms with Gasteiger partial charge in [0.1, 0.15) is 5.82 Å². The van der Waals surface area contributed by atoms with Gasteiger partial charge in [0.15, 0.2) is 6.23 Å². The van der Waals surface area contributed by atoms with Crippen LogP contribution in [-0.2, 0) is 11.8 Å². The quantitative estimate of drug-likeness (QED) is 0.664. The number of aryl methyl sites for hydroxylation is 1. The maximum absolute atomic E-state index is 12.1. The third-order valence-electron chi connectivity index (χ3n) is 5.71. The Morgan fingerprint density at radius 3 is 2.58 bits per heavy atom. The first-order valence-corrected chi connectivity index (χ1v) is 9.17. The molecule has 5 rings (SSSR count). The van der Waals surface area contributed by atoms with E-state index in [9.17, 15) is 4.79 Å². The maximum Gasteiger partial charge on any atom is 0.340 e. The van der Waals surface area contributed by atoms with Crippen molar-refractivity contribution in [1.29, 1.82) is 0 Å². The molecular weight excluding hydrogens is 326 g/mol. The molecule has 132 valence electrons. The van der Waals surface area contributed by atoms with Gasteiger partial charge in [0.05, 0.1) is 16.6 Å². The molecule has 3 heterocycles. The molecule has 0 aliphatic carbocycles. The van der Waals surface area contributed by atoms with E-state index in [-0.39, 0.29) is 12.2 Å². The summed E-state index contributed by atoms with van der Waals surface area (Å²) in [6, 6.07) is 16.0. The molecule has 2 aliphatic heterocycles. The van der Waals surface area contributed by atoms with Crippen molar-refractivity contribution in [1.82, 2.24) is 14.5 Å². The summed E-state index contributed by atoms with van der Waals surface area (Å²) in [6.07, 6.45) is 1.81. The van der Waals surface area contributed by atoms with Crippen molar-refractivity contribution in [3.63, 3.8) is 0 Å². The van der Waals surface area contributed by atoms with Gasteiger partial charge in [0.25, 0.3) is 0 Å². The molecule has 2 aliphatic rings. The van der Waals surface area contributed by atoms with E-state index in [1.54, 1.807) is 0 Å². The number of carbonyl (C=O) groups is 1. The Morgan fingerprint density at radius 1 is 1.04 bits per heavy atom. The summed E-state index contributed by atoms with van der Waals surface area (Å²) in [5.74, 6) is 1.40. The number of cyclic esters (lactones) is 1. The van der Waals surface area contributed by atoms with Crippen LogP contribution in [0.4, 0.5) is 0 Å². The number of para-hydroxylation sites is 2. The average molecular weight is 347 g/mol. The van der Waals surface area contributed by atoms with Gasteiger partial charge in [-0.1, -0.05) is 30.3 Å². The zero-order valence-corrected chi connectivity index (χ0v) is 14.8. The fourth-order valence-corrected chi connectivity index (χ4v) is 4.32. The van der Waals surface area contributed by atoms with E-state index in [1.165, 1.54) is 5.52 Å². The van der Waals surface area contributed by atoms with Crippen molar-refractivity contribution in [3.05, 3.63) is 65.5 Å². The van der Waals surface area contributed by atoms with E-state index in [0.29, 0.717) is 11.5 Å². The van der Waals surface area contributed by atoms with Gasteiger partial charge in [-0.05, 0) is 31.0 Å². The average Bonchev–Trinajstić information content (AvgIpc) is 3.20. The number of fused-ring (bicyclic) bond motifs is 2. The van der Waals surface area contributed by atoms with Crippen LogP contribution in [0.15, 0.2) is 48.5 Å². The van der Waals surface area contributed by atoms with Crippen molar-refractivity contribution in [2.75, 3.05) is 13.1 Å². The molecular formula is C21H21N3O2. The second-order valence-corrected chi connectivity index (χ2v) is 7.17. The summed E-state index contributed by atoms with van der Waals surface area (Å²) in [5, 5.41) is 0. The van der Waals surface area contributed by atoms with Gasteiger partial charge >= 0.3 is 5.97 Å². The van der Waals surface area contributed by atoms with E-state index in [0.717, 1.165) is 42.8 Å². The fourth-order valence-electron chi connectivity index (χ4n) is 4.32. The third kappa shape index (κ3) is 2.35. The number of benzene rings is 2. The second-order valence-electron chi connectivity index (χ2n) is 7.17. The number of nitrogens with zero attached hydrogens (tertiary/aromatic N) is 3.